The van der Waals surface area contributed by atoms with E-state index in [0.29, 0.717) is 6.54 Å². The van der Waals surface area contributed by atoms with Crippen LogP contribution in [0.4, 0.5) is 5.69 Å². The molecule has 0 spiro atoms. The largest absolute Gasteiger partial charge is 0.469 e. The zero-order valence-corrected chi connectivity index (χ0v) is 12.5. The van der Waals surface area contributed by atoms with Crippen molar-refractivity contribution in [3.05, 3.63) is 90.1 Å². The van der Waals surface area contributed by atoms with E-state index in [1.165, 1.54) is 5.56 Å². The molecule has 2 aromatic carbocycles. The smallest absolute Gasteiger partial charge is 0.116 e. The van der Waals surface area contributed by atoms with Gasteiger partial charge in [0, 0.05) is 11.9 Å². The fraction of sp³-hybridized carbons (Fsp3) is 0.105. The first-order chi connectivity index (χ1) is 10.8. The molecule has 0 aliphatic carbocycles. The van der Waals surface area contributed by atoms with Crippen molar-refractivity contribution < 1.29 is 4.74 Å². The normalized spacial score (nSPS) is 14.5. The molecule has 0 amide bonds. The van der Waals surface area contributed by atoms with Crippen LogP contribution in [0.15, 0.2) is 89.6 Å². The first-order valence-corrected chi connectivity index (χ1v) is 7.26. The van der Waals surface area contributed by atoms with E-state index in [1.54, 1.807) is 12.5 Å². The number of hydrogen-bond donors (Lipinski definition) is 0. The molecule has 1 heterocycles. The summed E-state index contributed by atoms with van der Waals surface area (Å²) in [5.74, 6) is 0. The first-order valence-electron chi connectivity index (χ1n) is 7.26. The van der Waals surface area contributed by atoms with Crippen molar-refractivity contribution in [3.63, 3.8) is 0 Å². The number of anilines is 1. The third-order valence-corrected chi connectivity index (χ3v) is 3.39. The van der Waals surface area contributed by atoms with Crippen molar-refractivity contribution in [2.75, 3.05) is 4.90 Å². The van der Waals surface area contributed by atoms with E-state index in [-0.39, 0.29) is 0 Å². The monoisotopic (exact) mass is 290 g/mol. The molecule has 0 bridgehead atoms. The summed E-state index contributed by atoms with van der Waals surface area (Å²) in [4.78, 5) is 6.66. The summed E-state index contributed by atoms with van der Waals surface area (Å²) in [7, 11) is 0. The standard InChI is InChI=1S/C19H18N2O/c1-16-14-22-15-19(21(16)18-10-6-3-7-11-18)13-20-12-17-8-4-2-5-9-17/h2-11,13-15H,12H2,1H3. The van der Waals surface area contributed by atoms with Crippen LogP contribution in [0.1, 0.15) is 12.5 Å². The van der Waals surface area contributed by atoms with Crippen molar-refractivity contribution in [2.45, 2.75) is 13.5 Å². The highest BCUT2D eigenvalue weighted by atomic mass is 16.5. The number of benzene rings is 2. The fourth-order valence-electron chi connectivity index (χ4n) is 2.36. The van der Waals surface area contributed by atoms with Crippen LogP contribution in [0.3, 0.4) is 0 Å². The topological polar surface area (TPSA) is 24.8 Å². The Labute approximate surface area is 130 Å². The minimum absolute atomic E-state index is 0.656. The molecule has 3 heteroatoms. The molecule has 2 aromatic rings. The van der Waals surface area contributed by atoms with Gasteiger partial charge in [-0.1, -0.05) is 48.5 Å². The Morgan fingerprint density at radius 2 is 1.64 bits per heavy atom. The number of hydrogen-bond acceptors (Lipinski definition) is 3. The molecule has 0 N–H and O–H groups in total. The average molecular weight is 290 g/mol. The minimum Gasteiger partial charge on any atom is -0.469 e. The number of aliphatic imine (C=N–C) groups is 1. The van der Waals surface area contributed by atoms with Crippen LogP contribution in [0.2, 0.25) is 0 Å². The summed E-state index contributed by atoms with van der Waals surface area (Å²) < 4.78 is 5.39. The Bertz CT molecular complexity index is 703. The molecular weight excluding hydrogens is 272 g/mol. The minimum atomic E-state index is 0.656. The Balaban J connectivity index is 1.78. The molecule has 22 heavy (non-hydrogen) atoms. The SMILES string of the molecule is CC1=COC=C(C=NCc2ccccc2)N1c1ccccc1. The van der Waals surface area contributed by atoms with Crippen LogP contribution < -0.4 is 4.90 Å². The van der Waals surface area contributed by atoms with Gasteiger partial charge in [0.15, 0.2) is 0 Å². The second-order valence-corrected chi connectivity index (χ2v) is 5.06. The van der Waals surface area contributed by atoms with Crippen molar-refractivity contribution in [1.82, 2.24) is 0 Å². The summed E-state index contributed by atoms with van der Waals surface area (Å²) in [6.07, 6.45) is 5.31. The molecule has 110 valence electrons. The average Bonchev–Trinajstić information content (AvgIpc) is 2.57. The van der Waals surface area contributed by atoms with Crippen LogP contribution in [0, 0.1) is 0 Å². The van der Waals surface area contributed by atoms with Crippen LogP contribution in [0.25, 0.3) is 0 Å². The Kier molecular flexibility index (Phi) is 4.35. The van der Waals surface area contributed by atoms with E-state index in [0.717, 1.165) is 17.1 Å². The van der Waals surface area contributed by atoms with Crippen molar-refractivity contribution in [2.24, 2.45) is 4.99 Å². The number of rotatable bonds is 4. The molecule has 0 unspecified atom stereocenters. The lowest BCUT2D eigenvalue weighted by Crippen LogP contribution is -2.23. The number of ether oxygens (including phenoxy) is 1. The molecule has 1 aliphatic rings. The van der Waals surface area contributed by atoms with Gasteiger partial charge in [-0.2, -0.15) is 0 Å². The third-order valence-electron chi connectivity index (χ3n) is 3.39. The Morgan fingerprint density at radius 3 is 2.36 bits per heavy atom. The van der Waals surface area contributed by atoms with Crippen molar-refractivity contribution in [1.29, 1.82) is 0 Å². The Morgan fingerprint density at radius 1 is 0.955 bits per heavy atom. The van der Waals surface area contributed by atoms with E-state index >= 15 is 0 Å². The van der Waals surface area contributed by atoms with Gasteiger partial charge in [0.2, 0.25) is 0 Å². The van der Waals surface area contributed by atoms with Gasteiger partial charge in [-0.3, -0.25) is 4.99 Å². The second-order valence-electron chi connectivity index (χ2n) is 5.06. The highest BCUT2D eigenvalue weighted by Gasteiger charge is 2.16. The van der Waals surface area contributed by atoms with Crippen LogP contribution in [0.5, 0.6) is 0 Å². The van der Waals surface area contributed by atoms with E-state index < -0.39 is 0 Å². The van der Waals surface area contributed by atoms with Gasteiger partial charge in [0.1, 0.15) is 12.5 Å². The molecule has 0 radical (unpaired) electrons. The highest BCUT2D eigenvalue weighted by molar-refractivity contribution is 5.86. The lowest BCUT2D eigenvalue weighted by atomic mass is 10.2. The third kappa shape index (κ3) is 3.26. The van der Waals surface area contributed by atoms with Crippen molar-refractivity contribution in [3.8, 4) is 0 Å². The summed E-state index contributed by atoms with van der Waals surface area (Å²) >= 11 is 0. The van der Waals surface area contributed by atoms with Gasteiger partial charge in [0.25, 0.3) is 0 Å². The Hall–Kier alpha value is -2.81. The predicted molar refractivity (Wildman–Crippen MR) is 90.5 cm³/mol. The van der Waals surface area contributed by atoms with Crippen molar-refractivity contribution >= 4 is 11.9 Å². The number of allylic oxidation sites excluding steroid dienone is 2. The molecule has 1 aliphatic heterocycles. The van der Waals surface area contributed by atoms with Crippen LogP contribution in [-0.4, -0.2) is 6.21 Å². The van der Waals surface area contributed by atoms with Gasteiger partial charge >= 0.3 is 0 Å². The lowest BCUT2D eigenvalue weighted by Gasteiger charge is -2.28. The molecule has 3 nitrogen and oxygen atoms in total. The van der Waals surface area contributed by atoms with Crippen LogP contribution in [-0.2, 0) is 11.3 Å². The predicted octanol–water partition coefficient (Wildman–Crippen LogP) is 4.50. The number of para-hydroxylation sites is 1. The molecule has 0 saturated heterocycles. The molecule has 0 atom stereocenters. The fourth-order valence-corrected chi connectivity index (χ4v) is 2.36. The quantitative estimate of drug-likeness (QED) is 0.775. The highest BCUT2D eigenvalue weighted by Crippen LogP contribution is 2.25. The van der Waals surface area contributed by atoms with E-state index in [1.807, 2.05) is 49.5 Å². The number of nitrogens with zero attached hydrogens (tertiary/aromatic N) is 2. The molecule has 0 saturated carbocycles. The van der Waals surface area contributed by atoms with E-state index in [9.17, 15) is 0 Å². The summed E-state index contributed by atoms with van der Waals surface area (Å²) in [5, 5.41) is 0. The zero-order valence-electron chi connectivity index (χ0n) is 12.5. The maximum absolute atomic E-state index is 5.39. The lowest BCUT2D eigenvalue weighted by molar-refractivity contribution is 0.385. The second kappa shape index (κ2) is 6.76. The first kappa shape index (κ1) is 14.1. The molecular formula is C19H18N2O. The van der Waals surface area contributed by atoms with Gasteiger partial charge in [-0.05, 0) is 24.6 Å². The van der Waals surface area contributed by atoms with Crippen LogP contribution >= 0.6 is 0 Å². The maximum Gasteiger partial charge on any atom is 0.116 e. The molecule has 3 rings (SSSR count). The molecule has 0 fully saturated rings. The summed E-state index contributed by atoms with van der Waals surface area (Å²) in [6.45, 7) is 2.68. The van der Waals surface area contributed by atoms with Gasteiger partial charge in [-0.25, -0.2) is 0 Å². The van der Waals surface area contributed by atoms with Gasteiger partial charge in [0.05, 0.1) is 17.9 Å². The van der Waals surface area contributed by atoms with Gasteiger partial charge in [-0.15, -0.1) is 0 Å². The van der Waals surface area contributed by atoms with E-state index in [2.05, 4.69) is 34.2 Å². The van der Waals surface area contributed by atoms with Gasteiger partial charge < -0.3 is 9.64 Å². The summed E-state index contributed by atoms with van der Waals surface area (Å²) in [5.41, 5.74) is 4.23. The zero-order chi connectivity index (χ0) is 15.2. The molecule has 0 aromatic heterocycles. The maximum atomic E-state index is 5.39. The van der Waals surface area contributed by atoms with E-state index in [4.69, 9.17) is 4.74 Å². The summed E-state index contributed by atoms with van der Waals surface area (Å²) in [6, 6.07) is 20.4.